The first-order valence-electron chi connectivity index (χ1n) is 10.4. The highest BCUT2D eigenvalue weighted by molar-refractivity contribution is 7.89. The SMILES string of the molecule is NS(=O)(=O)c1cc(NC(=O)[C@@H]2CC(F)(F)CCC2C2CC3CC(F)(F)C[C@H]3C2)ccn1. The predicted molar refractivity (Wildman–Crippen MR) is 104 cm³/mol. The average molecular weight is 463 g/mol. The summed E-state index contributed by atoms with van der Waals surface area (Å²) in [4.78, 5) is 16.6. The quantitative estimate of drug-likeness (QED) is 0.663. The van der Waals surface area contributed by atoms with Crippen LogP contribution in [0.2, 0.25) is 0 Å². The fourth-order valence-electron chi connectivity index (χ4n) is 5.84. The largest absolute Gasteiger partial charge is 0.326 e. The Morgan fingerprint density at radius 1 is 1.06 bits per heavy atom. The van der Waals surface area contributed by atoms with E-state index in [-0.39, 0.29) is 55.0 Å². The van der Waals surface area contributed by atoms with E-state index < -0.39 is 45.1 Å². The van der Waals surface area contributed by atoms with Crippen LogP contribution < -0.4 is 10.5 Å². The molecule has 0 bridgehead atoms. The molecule has 1 aromatic heterocycles. The third-order valence-corrected chi connectivity index (χ3v) is 7.92. The monoisotopic (exact) mass is 463 g/mol. The molecule has 5 atom stereocenters. The molecule has 1 heterocycles. The summed E-state index contributed by atoms with van der Waals surface area (Å²) in [7, 11) is -4.09. The summed E-state index contributed by atoms with van der Waals surface area (Å²) in [6.45, 7) is 0. The van der Waals surface area contributed by atoms with Gasteiger partial charge in [-0.2, -0.15) is 0 Å². The lowest BCUT2D eigenvalue weighted by Gasteiger charge is -2.38. The summed E-state index contributed by atoms with van der Waals surface area (Å²) in [6.07, 6.45) is 1.11. The molecular weight excluding hydrogens is 438 g/mol. The van der Waals surface area contributed by atoms with Crippen molar-refractivity contribution in [1.29, 1.82) is 0 Å². The van der Waals surface area contributed by atoms with Crippen LogP contribution >= 0.6 is 0 Å². The van der Waals surface area contributed by atoms with Gasteiger partial charge in [-0.25, -0.2) is 36.1 Å². The van der Waals surface area contributed by atoms with E-state index in [9.17, 15) is 30.8 Å². The Labute approximate surface area is 178 Å². The number of alkyl halides is 4. The van der Waals surface area contributed by atoms with Crippen molar-refractivity contribution in [3.63, 3.8) is 0 Å². The molecule has 0 aromatic carbocycles. The van der Waals surface area contributed by atoms with E-state index in [2.05, 4.69) is 10.3 Å². The maximum absolute atomic E-state index is 14.2. The number of anilines is 1. The van der Waals surface area contributed by atoms with E-state index in [1.807, 2.05) is 0 Å². The Morgan fingerprint density at radius 3 is 2.32 bits per heavy atom. The lowest BCUT2D eigenvalue weighted by atomic mass is 9.69. The average Bonchev–Trinajstić information content (AvgIpc) is 3.13. The fraction of sp³-hybridized carbons (Fsp3) is 0.700. The van der Waals surface area contributed by atoms with E-state index in [4.69, 9.17) is 5.14 Å². The van der Waals surface area contributed by atoms with Crippen LogP contribution in [0.15, 0.2) is 23.4 Å². The third kappa shape index (κ3) is 4.87. The molecule has 1 amide bonds. The highest BCUT2D eigenvalue weighted by atomic mass is 32.2. The number of sulfonamides is 1. The zero-order valence-corrected chi connectivity index (χ0v) is 17.6. The minimum atomic E-state index is -4.09. The lowest BCUT2D eigenvalue weighted by Crippen LogP contribution is -2.42. The number of nitrogens with zero attached hydrogens (tertiary/aromatic N) is 1. The molecule has 3 saturated carbocycles. The van der Waals surface area contributed by atoms with Gasteiger partial charge >= 0.3 is 0 Å². The van der Waals surface area contributed by atoms with Gasteiger partial charge in [0.05, 0.1) is 0 Å². The van der Waals surface area contributed by atoms with Gasteiger partial charge < -0.3 is 5.32 Å². The van der Waals surface area contributed by atoms with Crippen molar-refractivity contribution in [3.05, 3.63) is 18.3 Å². The third-order valence-electron chi connectivity index (χ3n) is 7.11. The van der Waals surface area contributed by atoms with E-state index in [0.29, 0.717) is 12.8 Å². The van der Waals surface area contributed by atoms with Crippen molar-refractivity contribution in [3.8, 4) is 0 Å². The number of pyridine rings is 1. The molecule has 172 valence electrons. The van der Waals surface area contributed by atoms with Gasteiger partial charge in [-0.3, -0.25) is 4.79 Å². The van der Waals surface area contributed by atoms with Crippen LogP contribution in [0.1, 0.15) is 44.9 Å². The minimum absolute atomic E-state index is 0.0460. The van der Waals surface area contributed by atoms with Crippen LogP contribution in [0.4, 0.5) is 23.2 Å². The summed E-state index contributed by atoms with van der Waals surface area (Å²) in [5, 5.41) is 7.13. The molecule has 3 aliphatic carbocycles. The first kappa shape index (κ1) is 22.4. The number of carbonyl (C=O) groups excluding carboxylic acids is 1. The van der Waals surface area contributed by atoms with Crippen LogP contribution in [0.5, 0.6) is 0 Å². The Morgan fingerprint density at radius 2 is 1.71 bits per heavy atom. The Kier molecular flexibility index (Phi) is 5.56. The number of hydrogen-bond donors (Lipinski definition) is 2. The van der Waals surface area contributed by atoms with E-state index >= 15 is 0 Å². The second-order valence-electron chi connectivity index (χ2n) is 9.30. The molecule has 11 heteroatoms. The predicted octanol–water partition coefficient (Wildman–Crippen LogP) is 3.79. The molecule has 3 unspecified atom stereocenters. The minimum Gasteiger partial charge on any atom is -0.326 e. The van der Waals surface area contributed by atoms with Gasteiger partial charge in [0.15, 0.2) is 5.03 Å². The first-order chi connectivity index (χ1) is 14.3. The molecule has 3 fully saturated rings. The number of halogens is 4. The Balaban J connectivity index is 1.51. The first-order valence-corrected chi connectivity index (χ1v) is 11.9. The molecule has 6 nitrogen and oxygen atoms in total. The molecule has 0 spiro atoms. The van der Waals surface area contributed by atoms with Gasteiger partial charge in [-0.15, -0.1) is 0 Å². The summed E-state index contributed by atoms with van der Waals surface area (Å²) in [5.74, 6) is -7.86. The maximum Gasteiger partial charge on any atom is 0.255 e. The summed E-state index contributed by atoms with van der Waals surface area (Å²) in [5.41, 5.74) is 0.0969. The van der Waals surface area contributed by atoms with Gasteiger partial charge in [-0.1, -0.05) is 0 Å². The zero-order valence-electron chi connectivity index (χ0n) is 16.7. The van der Waals surface area contributed by atoms with Gasteiger partial charge in [0.2, 0.25) is 17.8 Å². The van der Waals surface area contributed by atoms with Crippen molar-refractivity contribution in [2.45, 2.75) is 61.8 Å². The topological polar surface area (TPSA) is 102 Å². The molecule has 1 aromatic rings. The Bertz CT molecular complexity index is 956. The van der Waals surface area contributed by atoms with Crippen LogP contribution in [0.3, 0.4) is 0 Å². The van der Waals surface area contributed by atoms with E-state index in [1.54, 1.807) is 0 Å². The summed E-state index contributed by atoms with van der Waals surface area (Å²) in [6, 6.07) is 2.43. The normalized spacial score (nSPS) is 34.3. The molecule has 0 aliphatic heterocycles. The number of fused-ring (bicyclic) bond motifs is 1. The molecule has 4 rings (SSSR count). The number of hydrogen-bond acceptors (Lipinski definition) is 4. The number of primary sulfonamides is 1. The summed E-state index contributed by atoms with van der Waals surface area (Å²) < 4.78 is 78.7. The van der Waals surface area contributed by atoms with Crippen molar-refractivity contribution in [2.24, 2.45) is 34.7 Å². The molecule has 0 radical (unpaired) electrons. The van der Waals surface area contributed by atoms with Crippen molar-refractivity contribution < 1.29 is 30.8 Å². The number of carbonyl (C=O) groups is 1. The van der Waals surface area contributed by atoms with Gasteiger partial charge in [0.25, 0.3) is 10.0 Å². The highest BCUT2D eigenvalue weighted by Crippen LogP contribution is 2.57. The second kappa shape index (κ2) is 7.68. The smallest absolute Gasteiger partial charge is 0.255 e. The number of nitrogens with one attached hydrogen (secondary N) is 1. The number of amides is 1. The van der Waals surface area contributed by atoms with Crippen molar-refractivity contribution in [1.82, 2.24) is 4.98 Å². The van der Waals surface area contributed by atoms with Crippen LogP contribution in [0, 0.1) is 29.6 Å². The van der Waals surface area contributed by atoms with Crippen LogP contribution in [-0.4, -0.2) is 31.2 Å². The molecule has 31 heavy (non-hydrogen) atoms. The zero-order chi connectivity index (χ0) is 22.6. The van der Waals surface area contributed by atoms with Gasteiger partial charge in [0.1, 0.15) is 0 Å². The summed E-state index contributed by atoms with van der Waals surface area (Å²) >= 11 is 0. The van der Waals surface area contributed by atoms with Gasteiger partial charge in [0, 0.05) is 49.6 Å². The maximum atomic E-state index is 14.2. The molecule has 3 aliphatic rings. The Hall–Kier alpha value is -1.75. The fourth-order valence-corrected chi connectivity index (χ4v) is 6.34. The lowest BCUT2D eigenvalue weighted by molar-refractivity contribution is -0.134. The van der Waals surface area contributed by atoms with Crippen LogP contribution in [-0.2, 0) is 14.8 Å². The van der Waals surface area contributed by atoms with Crippen molar-refractivity contribution in [2.75, 3.05) is 5.32 Å². The van der Waals surface area contributed by atoms with E-state index in [0.717, 1.165) is 12.3 Å². The number of aromatic nitrogens is 1. The number of nitrogens with two attached hydrogens (primary N) is 1. The molecule has 3 N–H and O–H groups in total. The highest BCUT2D eigenvalue weighted by Gasteiger charge is 2.54. The second-order valence-corrected chi connectivity index (χ2v) is 10.8. The van der Waals surface area contributed by atoms with Gasteiger partial charge in [-0.05, 0) is 49.0 Å². The number of rotatable bonds is 4. The molecule has 0 saturated heterocycles. The van der Waals surface area contributed by atoms with Crippen LogP contribution in [0.25, 0.3) is 0 Å². The standard InChI is InChI=1S/C20H25F4N3O3S/c21-19(22)3-1-15(11-5-12-8-20(23,24)9-13(12)6-11)16(10-19)18(28)27-14-2-4-26-17(7-14)31(25,29)30/h2,4,7,11-13,15-16H,1,3,5-6,8-10H2,(H2,25,29,30)(H,26,27,28)/t11?,12-,13?,15?,16-/m1/s1. The molecular formula is C20H25F4N3O3S. The van der Waals surface area contributed by atoms with E-state index in [1.165, 1.54) is 6.07 Å². The van der Waals surface area contributed by atoms with Crippen molar-refractivity contribution >= 4 is 21.6 Å².